The van der Waals surface area contributed by atoms with Crippen molar-refractivity contribution in [2.75, 3.05) is 19.1 Å². The van der Waals surface area contributed by atoms with E-state index in [0.29, 0.717) is 19.1 Å². The number of alkyl halides is 2. The van der Waals surface area contributed by atoms with Crippen LogP contribution in [0.3, 0.4) is 0 Å². The van der Waals surface area contributed by atoms with E-state index in [1.54, 1.807) is 0 Å². The van der Waals surface area contributed by atoms with Crippen LogP contribution < -0.4 is 0 Å². The van der Waals surface area contributed by atoms with Crippen molar-refractivity contribution in [3.8, 4) is 0 Å². The van der Waals surface area contributed by atoms with E-state index in [1.165, 1.54) is 0 Å². The molecule has 0 rings (SSSR count). The Balaban J connectivity index is 3.72. The largest absolute Gasteiger partial charge is 0.396 e. The Morgan fingerprint density at radius 3 is 2.15 bits per heavy atom. The average molecular weight is 245 g/mol. The maximum absolute atomic E-state index is 6.14. The average Bonchev–Trinajstić information content (AvgIpc) is 2.14. The summed E-state index contributed by atoms with van der Waals surface area (Å²) in [5, 5.41) is 0.0404. The maximum Gasteiger partial charge on any atom is 0.339 e. The lowest BCUT2D eigenvalue weighted by Gasteiger charge is -2.19. The number of hydrogen-bond acceptors (Lipinski definition) is 2. The molecule has 1 unspecified atom stereocenters. The Morgan fingerprint density at radius 1 is 1.23 bits per heavy atom. The molecule has 0 heterocycles. The third-order valence-corrected chi connectivity index (χ3v) is 4.92. The van der Waals surface area contributed by atoms with Gasteiger partial charge < -0.3 is 8.85 Å². The number of hydrogen-bond donors (Lipinski definition) is 0. The molecule has 0 aliphatic heterocycles. The van der Waals surface area contributed by atoms with Gasteiger partial charge in [-0.25, -0.2) is 0 Å². The summed E-state index contributed by atoms with van der Waals surface area (Å²) in [6.07, 6.45) is 1.82. The molecule has 0 saturated heterocycles. The Hall–Kier alpha value is 0.717. The second-order valence-corrected chi connectivity index (χ2v) is 6.20. The molecule has 0 aliphatic carbocycles. The summed E-state index contributed by atoms with van der Waals surface area (Å²) in [6, 6.07) is 0. The molecule has 0 spiro atoms. The van der Waals surface area contributed by atoms with Crippen molar-refractivity contribution in [1.29, 1.82) is 0 Å². The molecule has 13 heavy (non-hydrogen) atoms. The van der Waals surface area contributed by atoms with Gasteiger partial charge in [-0.05, 0) is 26.7 Å². The molecular weight excluding hydrogens is 227 g/mol. The smallest absolute Gasteiger partial charge is 0.339 e. The number of halogens is 2. The molecule has 0 aliphatic rings. The van der Waals surface area contributed by atoms with E-state index in [-0.39, 0.29) is 5.00 Å². The van der Waals surface area contributed by atoms with Crippen LogP contribution in [-0.4, -0.2) is 33.4 Å². The van der Waals surface area contributed by atoms with E-state index in [9.17, 15) is 0 Å². The van der Waals surface area contributed by atoms with Crippen molar-refractivity contribution >= 4 is 32.5 Å². The zero-order valence-electron chi connectivity index (χ0n) is 8.26. The van der Waals surface area contributed by atoms with Crippen molar-refractivity contribution in [2.45, 2.75) is 31.7 Å². The van der Waals surface area contributed by atoms with Gasteiger partial charge in [0.1, 0.15) is 0 Å². The molecule has 2 nitrogen and oxygen atoms in total. The lowest BCUT2D eigenvalue weighted by molar-refractivity contribution is 0.210. The quantitative estimate of drug-likeness (QED) is 0.483. The van der Waals surface area contributed by atoms with Gasteiger partial charge in [-0.1, -0.05) is 0 Å². The standard InChI is InChI=1S/C8H18Cl2O2Si/c1-3-11-13(12-4-2)8(10)6-5-7-9/h8,13H,3-7H2,1-2H3. The molecule has 0 aromatic carbocycles. The van der Waals surface area contributed by atoms with Crippen molar-refractivity contribution in [2.24, 2.45) is 0 Å². The minimum Gasteiger partial charge on any atom is -0.396 e. The van der Waals surface area contributed by atoms with Crippen LogP contribution in [0, 0.1) is 0 Å². The van der Waals surface area contributed by atoms with E-state index in [1.807, 2.05) is 13.8 Å². The fraction of sp³-hybridized carbons (Fsp3) is 1.00. The lowest BCUT2D eigenvalue weighted by Crippen LogP contribution is -2.34. The zero-order valence-corrected chi connectivity index (χ0v) is 10.9. The van der Waals surface area contributed by atoms with Crippen LogP contribution in [0.4, 0.5) is 0 Å². The van der Waals surface area contributed by atoms with Gasteiger partial charge in [0.05, 0.1) is 5.00 Å². The normalized spacial score (nSPS) is 13.6. The van der Waals surface area contributed by atoms with Gasteiger partial charge in [0, 0.05) is 19.1 Å². The molecular formula is C8H18Cl2O2Si. The van der Waals surface area contributed by atoms with Crippen molar-refractivity contribution in [1.82, 2.24) is 0 Å². The molecule has 0 amide bonds. The van der Waals surface area contributed by atoms with Gasteiger partial charge in [0.15, 0.2) is 0 Å². The summed E-state index contributed by atoms with van der Waals surface area (Å²) in [5.41, 5.74) is 0. The summed E-state index contributed by atoms with van der Waals surface area (Å²) >= 11 is 11.7. The first kappa shape index (κ1) is 13.7. The van der Waals surface area contributed by atoms with Crippen molar-refractivity contribution < 1.29 is 8.85 Å². The Kier molecular flexibility index (Phi) is 9.79. The van der Waals surface area contributed by atoms with Gasteiger partial charge in [0.25, 0.3) is 0 Å². The first-order valence-electron chi connectivity index (χ1n) is 4.69. The predicted octanol–water partition coefficient (Wildman–Crippen LogP) is 2.45. The highest BCUT2D eigenvalue weighted by atomic mass is 35.5. The zero-order chi connectivity index (χ0) is 10.1. The highest BCUT2D eigenvalue weighted by Crippen LogP contribution is 2.12. The Labute approximate surface area is 92.4 Å². The SMILES string of the molecule is CCO[SiH](OCC)C(Cl)CCCCl. The summed E-state index contributed by atoms with van der Waals surface area (Å²) in [6.45, 7) is 5.29. The van der Waals surface area contributed by atoms with Gasteiger partial charge >= 0.3 is 9.28 Å². The fourth-order valence-electron chi connectivity index (χ4n) is 0.994. The van der Waals surface area contributed by atoms with Crippen LogP contribution in [0.1, 0.15) is 26.7 Å². The molecule has 0 fully saturated rings. The topological polar surface area (TPSA) is 18.5 Å². The fourth-order valence-corrected chi connectivity index (χ4v) is 3.42. The maximum atomic E-state index is 6.14. The van der Waals surface area contributed by atoms with Crippen LogP contribution in [0.15, 0.2) is 0 Å². The first-order chi connectivity index (χ1) is 6.26. The molecule has 0 saturated carbocycles. The minimum absolute atomic E-state index is 0.0404. The molecule has 0 aromatic rings. The van der Waals surface area contributed by atoms with Crippen molar-refractivity contribution in [3.63, 3.8) is 0 Å². The molecule has 0 bridgehead atoms. The van der Waals surface area contributed by atoms with E-state index < -0.39 is 9.28 Å². The second-order valence-electron chi connectivity index (χ2n) is 2.63. The summed E-state index contributed by atoms with van der Waals surface area (Å²) in [5.74, 6) is 0.655. The Bertz CT molecular complexity index is 110. The highest BCUT2D eigenvalue weighted by molar-refractivity contribution is 6.59. The minimum atomic E-state index is -1.65. The van der Waals surface area contributed by atoms with Gasteiger partial charge in [-0.3, -0.25) is 0 Å². The summed E-state index contributed by atoms with van der Waals surface area (Å²) < 4.78 is 11.0. The molecule has 80 valence electrons. The summed E-state index contributed by atoms with van der Waals surface area (Å²) in [4.78, 5) is 0. The monoisotopic (exact) mass is 244 g/mol. The second kappa shape index (κ2) is 9.28. The predicted molar refractivity (Wildman–Crippen MR) is 60.0 cm³/mol. The molecule has 1 atom stereocenters. The van der Waals surface area contributed by atoms with Gasteiger partial charge in [-0.15, -0.1) is 23.2 Å². The molecule has 0 N–H and O–H groups in total. The van der Waals surface area contributed by atoms with Gasteiger partial charge in [0.2, 0.25) is 0 Å². The van der Waals surface area contributed by atoms with Crippen LogP contribution in [0.5, 0.6) is 0 Å². The van der Waals surface area contributed by atoms with E-state index in [2.05, 4.69) is 0 Å². The highest BCUT2D eigenvalue weighted by Gasteiger charge is 2.22. The molecule has 5 heteroatoms. The van der Waals surface area contributed by atoms with E-state index >= 15 is 0 Å². The lowest BCUT2D eigenvalue weighted by atomic mass is 10.4. The third-order valence-electron chi connectivity index (χ3n) is 1.57. The van der Waals surface area contributed by atoms with Crippen LogP contribution in [0.2, 0.25) is 0 Å². The van der Waals surface area contributed by atoms with E-state index in [4.69, 9.17) is 32.1 Å². The molecule has 0 radical (unpaired) electrons. The number of rotatable bonds is 8. The third kappa shape index (κ3) is 6.74. The van der Waals surface area contributed by atoms with Gasteiger partial charge in [-0.2, -0.15) is 0 Å². The van der Waals surface area contributed by atoms with Crippen LogP contribution in [0.25, 0.3) is 0 Å². The summed E-state index contributed by atoms with van der Waals surface area (Å²) in [7, 11) is -1.65. The van der Waals surface area contributed by atoms with Crippen molar-refractivity contribution in [3.05, 3.63) is 0 Å². The Morgan fingerprint density at radius 2 is 1.77 bits per heavy atom. The first-order valence-corrected chi connectivity index (χ1v) is 7.27. The van der Waals surface area contributed by atoms with E-state index in [0.717, 1.165) is 12.8 Å². The van der Waals surface area contributed by atoms with Crippen LogP contribution >= 0.6 is 23.2 Å². The molecule has 0 aromatic heterocycles. The van der Waals surface area contributed by atoms with Crippen LogP contribution in [-0.2, 0) is 8.85 Å².